The Balaban J connectivity index is 0.00000176. The first kappa shape index (κ1) is 16.5. The molecule has 0 spiro atoms. The van der Waals surface area contributed by atoms with Gasteiger partial charge in [-0.15, -0.1) is 12.4 Å². The van der Waals surface area contributed by atoms with E-state index in [1.807, 2.05) is 17.0 Å². The highest BCUT2D eigenvalue weighted by Gasteiger charge is 2.35. The van der Waals surface area contributed by atoms with Crippen LogP contribution in [0.1, 0.15) is 23.7 Å². The van der Waals surface area contributed by atoms with Gasteiger partial charge >= 0.3 is 0 Å². The smallest absolute Gasteiger partial charge is 0.253 e. The van der Waals surface area contributed by atoms with Gasteiger partial charge in [-0.05, 0) is 30.5 Å². The van der Waals surface area contributed by atoms with Gasteiger partial charge < -0.3 is 15.2 Å². The zero-order valence-corrected chi connectivity index (χ0v) is 13.2. The van der Waals surface area contributed by atoms with Gasteiger partial charge in [0.1, 0.15) is 0 Å². The Labute approximate surface area is 135 Å². The fourth-order valence-electron chi connectivity index (χ4n) is 2.61. The van der Waals surface area contributed by atoms with Gasteiger partial charge in [0, 0.05) is 24.2 Å². The van der Waals surface area contributed by atoms with Crippen LogP contribution >= 0.6 is 12.4 Å². The molecule has 1 aromatic carbocycles. The average Bonchev–Trinajstić information content (AvgIpc) is 3.17. The van der Waals surface area contributed by atoms with Gasteiger partial charge in [0.2, 0.25) is 12.2 Å². The maximum atomic E-state index is 12.5. The summed E-state index contributed by atoms with van der Waals surface area (Å²) in [7, 11) is 0. The quantitative estimate of drug-likeness (QED) is 0.933. The van der Waals surface area contributed by atoms with Crippen LogP contribution < -0.4 is 5.73 Å². The molecule has 1 saturated heterocycles. The predicted molar refractivity (Wildman–Crippen MR) is 84.7 cm³/mol. The molecule has 3 rings (SSSR count). The molecule has 118 valence electrons. The molecule has 0 radical (unpaired) electrons. The zero-order valence-electron chi connectivity index (χ0n) is 12.4. The van der Waals surface area contributed by atoms with Crippen molar-refractivity contribution < 1.29 is 9.32 Å². The van der Waals surface area contributed by atoms with Crippen molar-refractivity contribution in [2.45, 2.75) is 13.3 Å². The molecular formula is C15H19ClN4O2. The minimum atomic E-state index is 0. The van der Waals surface area contributed by atoms with Crippen molar-refractivity contribution in [1.29, 1.82) is 0 Å². The van der Waals surface area contributed by atoms with Crippen LogP contribution in [0.3, 0.4) is 0 Å². The van der Waals surface area contributed by atoms with E-state index in [-0.39, 0.29) is 23.7 Å². The van der Waals surface area contributed by atoms with Crippen molar-refractivity contribution in [2.24, 2.45) is 11.1 Å². The SMILES string of the molecule is CC1(CN)CCN(C(=O)c2ccc(-c3ncon3)cc2)C1.Cl. The van der Waals surface area contributed by atoms with E-state index in [1.54, 1.807) is 12.1 Å². The van der Waals surface area contributed by atoms with Gasteiger partial charge in [0.05, 0.1) is 0 Å². The van der Waals surface area contributed by atoms with E-state index in [1.165, 1.54) is 6.39 Å². The largest absolute Gasteiger partial charge is 0.342 e. The van der Waals surface area contributed by atoms with Gasteiger partial charge in [-0.3, -0.25) is 4.79 Å². The van der Waals surface area contributed by atoms with Gasteiger partial charge in [0.15, 0.2) is 0 Å². The minimum absolute atomic E-state index is 0. The third-order valence-electron chi connectivity index (χ3n) is 4.09. The number of carbonyl (C=O) groups excluding carboxylic acids is 1. The fraction of sp³-hybridized carbons (Fsp3) is 0.400. The molecular weight excluding hydrogens is 304 g/mol. The molecule has 1 aliphatic heterocycles. The molecule has 2 aromatic rings. The first-order valence-electron chi connectivity index (χ1n) is 6.97. The molecule has 1 aromatic heterocycles. The Bertz CT molecular complexity index is 630. The van der Waals surface area contributed by atoms with Gasteiger partial charge in [0.25, 0.3) is 5.91 Å². The Kier molecular flexibility index (Phi) is 4.83. The number of halogens is 1. The van der Waals surface area contributed by atoms with Crippen molar-refractivity contribution in [1.82, 2.24) is 15.0 Å². The van der Waals surface area contributed by atoms with Crippen molar-refractivity contribution in [3.05, 3.63) is 36.2 Å². The molecule has 1 amide bonds. The molecule has 2 heterocycles. The Hall–Kier alpha value is -1.92. The monoisotopic (exact) mass is 322 g/mol. The van der Waals surface area contributed by atoms with Crippen LogP contribution in [0.5, 0.6) is 0 Å². The van der Waals surface area contributed by atoms with Crippen molar-refractivity contribution in [3.8, 4) is 11.4 Å². The number of rotatable bonds is 3. The van der Waals surface area contributed by atoms with Crippen LogP contribution in [-0.2, 0) is 0 Å². The number of nitrogens with two attached hydrogens (primary N) is 1. The van der Waals surface area contributed by atoms with Crippen LogP contribution in [0.15, 0.2) is 35.2 Å². The molecule has 1 fully saturated rings. The van der Waals surface area contributed by atoms with Crippen molar-refractivity contribution in [3.63, 3.8) is 0 Å². The summed E-state index contributed by atoms with van der Waals surface area (Å²) in [5.74, 6) is 0.567. The summed E-state index contributed by atoms with van der Waals surface area (Å²) in [6.45, 7) is 4.21. The summed E-state index contributed by atoms with van der Waals surface area (Å²) in [5.41, 5.74) is 7.32. The number of likely N-dealkylation sites (tertiary alicyclic amines) is 1. The summed E-state index contributed by atoms with van der Waals surface area (Å²) in [5, 5.41) is 3.77. The highest BCUT2D eigenvalue weighted by molar-refractivity contribution is 5.94. The molecule has 7 heteroatoms. The fourth-order valence-corrected chi connectivity index (χ4v) is 2.61. The normalized spacial score (nSPS) is 20.7. The number of carbonyl (C=O) groups is 1. The van der Waals surface area contributed by atoms with Gasteiger partial charge in [-0.2, -0.15) is 4.98 Å². The van der Waals surface area contributed by atoms with E-state index in [4.69, 9.17) is 10.3 Å². The van der Waals surface area contributed by atoms with Gasteiger partial charge in [-0.25, -0.2) is 0 Å². The van der Waals surface area contributed by atoms with E-state index in [0.29, 0.717) is 17.9 Å². The topological polar surface area (TPSA) is 85.2 Å². The first-order chi connectivity index (χ1) is 10.1. The first-order valence-corrected chi connectivity index (χ1v) is 6.97. The van der Waals surface area contributed by atoms with Crippen molar-refractivity contribution in [2.75, 3.05) is 19.6 Å². The zero-order chi connectivity index (χ0) is 14.9. The summed E-state index contributed by atoms with van der Waals surface area (Å²) in [6, 6.07) is 7.25. The lowest BCUT2D eigenvalue weighted by atomic mass is 9.90. The maximum Gasteiger partial charge on any atom is 0.253 e. The third kappa shape index (κ3) is 3.13. The van der Waals surface area contributed by atoms with Crippen molar-refractivity contribution >= 4 is 18.3 Å². The summed E-state index contributed by atoms with van der Waals surface area (Å²) < 4.78 is 4.72. The Morgan fingerprint density at radius 2 is 2.14 bits per heavy atom. The van der Waals surface area contributed by atoms with E-state index >= 15 is 0 Å². The second-order valence-corrected chi connectivity index (χ2v) is 5.82. The van der Waals surface area contributed by atoms with Gasteiger partial charge in [-0.1, -0.05) is 24.2 Å². The number of aromatic nitrogens is 2. The highest BCUT2D eigenvalue weighted by Crippen LogP contribution is 2.29. The summed E-state index contributed by atoms with van der Waals surface area (Å²) >= 11 is 0. The molecule has 0 aliphatic carbocycles. The van der Waals surface area contributed by atoms with Crippen LogP contribution in [0.2, 0.25) is 0 Å². The Morgan fingerprint density at radius 3 is 2.68 bits per heavy atom. The number of benzene rings is 1. The Morgan fingerprint density at radius 1 is 1.41 bits per heavy atom. The predicted octanol–water partition coefficient (Wildman–Crippen LogP) is 1.97. The summed E-state index contributed by atoms with van der Waals surface area (Å²) in [4.78, 5) is 18.3. The lowest BCUT2D eigenvalue weighted by Gasteiger charge is -2.22. The average molecular weight is 323 g/mol. The minimum Gasteiger partial charge on any atom is -0.342 e. The summed E-state index contributed by atoms with van der Waals surface area (Å²) in [6.07, 6.45) is 2.24. The maximum absolute atomic E-state index is 12.5. The molecule has 1 unspecified atom stereocenters. The lowest BCUT2D eigenvalue weighted by Crippen LogP contribution is -2.34. The van der Waals surface area contributed by atoms with Crippen LogP contribution in [0, 0.1) is 5.41 Å². The molecule has 0 saturated carbocycles. The van der Waals surface area contributed by atoms with Crippen LogP contribution in [-0.4, -0.2) is 40.6 Å². The van der Waals surface area contributed by atoms with E-state index < -0.39 is 0 Å². The van der Waals surface area contributed by atoms with Crippen LogP contribution in [0.4, 0.5) is 0 Å². The van der Waals surface area contributed by atoms with E-state index in [0.717, 1.165) is 25.1 Å². The van der Waals surface area contributed by atoms with E-state index in [2.05, 4.69) is 17.1 Å². The number of hydrogen-bond acceptors (Lipinski definition) is 5. The van der Waals surface area contributed by atoms with Crippen LogP contribution in [0.25, 0.3) is 11.4 Å². The molecule has 1 atom stereocenters. The molecule has 1 aliphatic rings. The molecule has 2 N–H and O–H groups in total. The molecule has 22 heavy (non-hydrogen) atoms. The number of hydrogen-bond donors (Lipinski definition) is 1. The standard InChI is InChI=1S/C15H18N4O2.ClH/c1-15(8-16)6-7-19(9-15)14(20)12-4-2-11(3-5-12)13-17-10-21-18-13;/h2-5,10H,6-9,16H2,1H3;1H. The number of amides is 1. The second kappa shape index (κ2) is 6.46. The van der Waals surface area contributed by atoms with E-state index in [9.17, 15) is 4.79 Å². The second-order valence-electron chi connectivity index (χ2n) is 5.82. The molecule has 0 bridgehead atoms. The third-order valence-corrected chi connectivity index (χ3v) is 4.09. The lowest BCUT2D eigenvalue weighted by molar-refractivity contribution is 0.0777. The highest BCUT2D eigenvalue weighted by atomic mass is 35.5. The molecule has 6 nitrogen and oxygen atoms in total. The number of nitrogens with zero attached hydrogens (tertiary/aromatic N) is 3.